The van der Waals surface area contributed by atoms with E-state index in [-0.39, 0.29) is 29.1 Å². The van der Waals surface area contributed by atoms with Crippen LogP contribution in [0.15, 0.2) is 47.3 Å². The molecular weight excluding hydrogens is 332 g/mol. The third-order valence-electron chi connectivity index (χ3n) is 4.53. The molecule has 0 radical (unpaired) electrons. The molecule has 2 amide bonds. The van der Waals surface area contributed by atoms with Crippen molar-refractivity contribution in [2.24, 2.45) is 0 Å². The monoisotopic (exact) mass is 354 g/mol. The molecule has 7 nitrogen and oxygen atoms in total. The highest BCUT2D eigenvalue weighted by Crippen LogP contribution is 2.13. The van der Waals surface area contributed by atoms with Crippen molar-refractivity contribution in [2.75, 3.05) is 13.1 Å². The summed E-state index contributed by atoms with van der Waals surface area (Å²) >= 11 is 0. The molecule has 1 fully saturated rings. The molecule has 0 spiro atoms. The lowest BCUT2D eigenvalue weighted by Crippen LogP contribution is -2.46. The Hall–Kier alpha value is -2.96. The standard InChI is InChI=1S/C19H22N4O3/c24-17(8-6-14-4-2-1-3-5-14)20-15-10-12-23(13-11-15)19(26)16-7-9-18(25)22-21-16/h1-5,7,9,15H,6,8,10-13H2,(H,20,24)(H,22,25). The molecule has 2 aromatic rings. The highest BCUT2D eigenvalue weighted by Gasteiger charge is 2.25. The molecule has 2 N–H and O–H groups in total. The molecule has 26 heavy (non-hydrogen) atoms. The minimum atomic E-state index is -0.335. The first kappa shape index (κ1) is 17.8. The van der Waals surface area contributed by atoms with E-state index in [0.29, 0.717) is 32.4 Å². The Labute approximate surface area is 151 Å². The van der Waals surface area contributed by atoms with Crippen molar-refractivity contribution in [2.45, 2.75) is 31.7 Å². The number of nitrogens with one attached hydrogen (secondary N) is 2. The van der Waals surface area contributed by atoms with Crippen LogP contribution in [0.25, 0.3) is 0 Å². The van der Waals surface area contributed by atoms with Gasteiger partial charge < -0.3 is 10.2 Å². The molecule has 3 rings (SSSR count). The van der Waals surface area contributed by atoms with Crippen molar-refractivity contribution < 1.29 is 9.59 Å². The summed E-state index contributed by atoms with van der Waals surface area (Å²) in [7, 11) is 0. The number of carbonyl (C=O) groups excluding carboxylic acids is 2. The molecule has 1 aliphatic rings. The van der Waals surface area contributed by atoms with Gasteiger partial charge in [0.2, 0.25) is 5.91 Å². The third kappa shape index (κ3) is 4.78. The molecule has 1 aromatic carbocycles. The van der Waals surface area contributed by atoms with Gasteiger partial charge >= 0.3 is 0 Å². The highest BCUT2D eigenvalue weighted by molar-refractivity contribution is 5.92. The van der Waals surface area contributed by atoms with Gasteiger partial charge in [0.1, 0.15) is 5.69 Å². The molecule has 1 aromatic heterocycles. The summed E-state index contributed by atoms with van der Waals surface area (Å²) in [4.78, 5) is 37.2. The lowest BCUT2D eigenvalue weighted by atomic mass is 10.0. The van der Waals surface area contributed by atoms with Gasteiger partial charge in [0.25, 0.3) is 11.5 Å². The van der Waals surface area contributed by atoms with Gasteiger partial charge in [0.15, 0.2) is 0 Å². The molecule has 136 valence electrons. The van der Waals surface area contributed by atoms with Crippen molar-refractivity contribution in [1.82, 2.24) is 20.4 Å². The van der Waals surface area contributed by atoms with Gasteiger partial charge in [-0.3, -0.25) is 14.4 Å². The summed E-state index contributed by atoms with van der Waals surface area (Å²) < 4.78 is 0. The highest BCUT2D eigenvalue weighted by atomic mass is 16.2. The zero-order valence-corrected chi connectivity index (χ0v) is 14.5. The number of likely N-dealkylation sites (tertiary alicyclic amines) is 1. The molecule has 0 atom stereocenters. The summed E-state index contributed by atoms with van der Waals surface area (Å²) in [5.74, 6) is -0.156. The number of hydrogen-bond donors (Lipinski definition) is 2. The first-order chi connectivity index (χ1) is 12.6. The zero-order valence-electron chi connectivity index (χ0n) is 14.5. The fraction of sp³-hybridized carbons (Fsp3) is 0.368. The summed E-state index contributed by atoms with van der Waals surface area (Å²) in [6.45, 7) is 1.12. The van der Waals surface area contributed by atoms with Gasteiger partial charge in [-0.1, -0.05) is 30.3 Å². The average molecular weight is 354 g/mol. The van der Waals surface area contributed by atoms with Crippen LogP contribution in [-0.4, -0.2) is 46.0 Å². The number of aromatic amines is 1. The van der Waals surface area contributed by atoms with Gasteiger partial charge in [-0.15, -0.1) is 0 Å². The lowest BCUT2D eigenvalue weighted by molar-refractivity contribution is -0.122. The third-order valence-corrected chi connectivity index (χ3v) is 4.53. The second-order valence-electron chi connectivity index (χ2n) is 6.43. The maximum Gasteiger partial charge on any atom is 0.274 e. The van der Waals surface area contributed by atoms with E-state index in [1.54, 1.807) is 4.90 Å². The van der Waals surface area contributed by atoms with Crippen LogP contribution in [0.4, 0.5) is 0 Å². The number of aryl methyl sites for hydroxylation is 1. The summed E-state index contributed by atoms with van der Waals surface area (Å²) in [5, 5.41) is 9.10. The molecule has 0 unspecified atom stereocenters. The van der Waals surface area contributed by atoms with Crippen molar-refractivity contribution in [1.29, 1.82) is 0 Å². The van der Waals surface area contributed by atoms with Crippen molar-refractivity contribution >= 4 is 11.8 Å². The number of benzene rings is 1. The van der Waals surface area contributed by atoms with Gasteiger partial charge in [0, 0.05) is 31.6 Å². The molecular formula is C19H22N4O3. The summed E-state index contributed by atoms with van der Waals surface area (Å²) in [6, 6.07) is 12.7. The minimum Gasteiger partial charge on any atom is -0.353 e. The van der Waals surface area contributed by atoms with Crippen LogP contribution >= 0.6 is 0 Å². The summed E-state index contributed by atoms with van der Waals surface area (Å²) in [6.07, 6.45) is 2.62. The lowest BCUT2D eigenvalue weighted by Gasteiger charge is -2.32. The number of hydrogen-bond acceptors (Lipinski definition) is 4. The molecule has 0 bridgehead atoms. The van der Waals surface area contributed by atoms with E-state index >= 15 is 0 Å². The quantitative estimate of drug-likeness (QED) is 0.841. The van der Waals surface area contributed by atoms with E-state index in [2.05, 4.69) is 15.5 Å². The molecule has 1 aliphatic heterocycles. The molecule has 7 heteroatoms. The Balaban J connectivity index is 1.43. The van der Waals surface area contributed by atoms with E-state index in [1.165, 1.54) is 12.1 Å². The van der Waals surface area contributed by atoms with Crippen LogP contribution < -0.4 is 10.9 Å². The SMILES string of the molecule is O=C(CCc1ccccc1)NC1CCN(C(=O)c2ccc(=O)[nH]n2)CC1. The molecule has 0 aliphatic carbocycles. The van der Waals surface area contributed by atoms with E-state index in [1.807, 2.05) is 30.3 Å². The van der Waals surface area contributed by atoms with E-state index in [4.69, 9.17) is 0 Å². The molecule has 0 saturated carbocycles. The smallest absolute Gasteiger partial charge is 0.274 e. The van der Waals surface area contributed by atoms with Crippen LogP contribution in [0, 0.1) is 0 Å². The molecule has 1 saturated heterocycles. The van der Waals surface area contributed by atoms with Crippen LogP contribution in [0.3, 0.4) is 0 Å². The largest absolute Gasteiger partial charge is 0.353 e. The van der Waals surface area contributed by atoms with Crippen molar-refractivity contribution in [3.8, 4) is 0 Å². The van der Waals surface area contributed by atoms with Crippen LogP contribution in [-0.2, 0) is 11.2 Å². The zero-order chi connectivity index (χ0) is 18.4. The Morgan fingerprint density at radius 1 is 1.12 bits per heavy atom. The normalized spacial score (nSPS) is 14.8. The van der Waals surface area contributed by atoms with Gasteiger partial charge in [-0.05, 0) is 30.9 Å². The van der Waals surface area contributed by atoms with Gasteiger partial charge in [0.05, 0.1) is 0 Å². The molecule has 2 heterocycles. The van der Waals surface area contributed by atoms with E-state index in [9.17, 15) is 14.4 Å². The Kier molecular flexibility index (Phi) is 5.78. The second kappa shape index (κ2) is 8.42. The Morgan fingerprint density at radius 2 is 1.85 bits per heavy atom. The predicted molar refractivity (Wildman–Crippen MR) is 96.7 cm³/mol. The number of piperidine rings is 1. The maximum absolute atomic E-state index is 12.4. The summed E-state index contributed by atoms with van der Waals surface area (Å²) in [5.41, 5.74) is 1.05. The Bertz CT molecular complexity index is 791. The first-order valence-electron chi connectivity index (χ1n) is 8.80. The average Bonchev–Trinajstić information content (AvgIpc) is 2.68. The van der Waals surface area contributed by atoms with Gasteiger partial charge in [-0.2, -0.15) is 5.10 Å². The fourth-order valence-electron chi connectivity index (χ4n) is 3.05. The Morgan fingerprint density at radius 3 is 2.50 bits per heavy atom. The number of rotatable bonds is 5. The second-order valence-corrected chi connectivity index (χ2v) is 6.43. The van der Waals surface area contributed by atoms with Crippen LogP contribution in [0.2, 0.25) is 0 Å². The van der Waals surface area contributed by atoms with Gasteiger partial charge in [-0.25, -0.2) is 5.10 Å². The van der Waals surface area contributed by atoms with Crippen molar-refractivity contribution in [3.63, 3.8) is 0 Å². The van der Waals surface area contributed by atoms with Crippen LogP contribution in [0.5, 0.6) is 0 Å². The maximum atomic E-state index is 12.4. The fourth-order valence-corrected chi connectivity index (χ4v) is 3.05. The number of amides is 2. The predicted octanol–water partition coefficient (Wildman–Crippen LogP) is 1.12. The van der Waals surface area contributed by atoms with Crippen molar-refractivity contribution in [3.05, 3.63) is 64.1 Å². The minimum absolute atomic E-state index is 0.0425. The first-order valence-corrected chi connectivity index (χ1v) is 8.80. The number of aromatic nitrogens is 2. The van der Waals surface area contributed by atoms with E-state index < -0.39 is 0 Å². The topological polar surface area (TPSA) is 95.2 Å². The number of H-pyrrole nitrogens is 1. The number of carbonyl (C=O) groups is 2. The number of nitrogens with zero attached hydrogens (tertiary/aromatic N) is 2. The van der Waals surface area contributed by atoms with Crippen LogP contribution in [0.1, 0.15) is 35.3 Å². The van der Waals surface area contributed by atoms with E-state index in [0.717, 1.165) is 12.0 Å².